The largest absolute Gasteiger partial charge is 0.456 e. The Kier molecular flexibility index (Phi) is 4.49. The highest BCUT2D eigenvalue weighted by Gasteiger charge is 2.31. The lowest BCUT2D eigenvalue weighted by molar-refractivity contribution is 0.0677. The van der Waals surface area contributed by atoms with Gasteiger partial charge in [0.2, 0.25) is 0 Å². The van der Waals surface area contributed by atoms with E-state index in [0.717, 1.165) is 47.3 Å². The molecule has 0 spiro atoms. The van der Waals surface area contributed by atoms with Crippen LogP contribution in [0.2, 0.25) is 0 Å². The minimum atomic E-state index is -0.0512. The van der Waals surface area contributed by atoms with Gasteiger partial charge in [0.05, 0.1) is 5.69 Å². The Bertz CT molecular complexity index is 1000. The monoisotopic (exact) mass is 395 g/mol. The Morgan fingerprint density at radius 3 is 2.66 bits per heavy atom. The quantitative estimate of drug-likeness (QED) is 0.710. The molecule has 0 unspecified atom stereocenters. The smallest absolute Gasteiger partial charge is 0.289 e. The molecule has 0 radical (unpaired) electrons. The Morgan fingerprint density at radius 1 is 1.17 bits per heavy atom. The van der Waals surface area contributed by atoms with Crippen molar-refractivity contribution >= 4 is 5.91 Å². The van der Waals surface area contributed by atoms with E-state index in [1.807, 2.05) is 24.8 Å². The summed E-state index contributed by atoms with van der Waals surface area (Å²) in [6, 6.07) is 3.63. The van der Waals surface area contributed by atoms with E-state index in [1.54, 1.807) is 6.07 Å². The van der Waals surface area contributed by atoms with Crippen molar-refractivity contribution in [1.29, 1.82) is 0 Å². The third-order valence-electron chi connectivity index (χ3n) is 6.04. The Hall–Kier alpha value is -2.90. The Morgan fingerprint density at radius 2 is 1.97 bits per heavy atom. The van der Waals surface area contributed by atoms with Crippen LogP contribution < -0.4 is 0 Å². The molecule has 0 bridgehead atoms. The first-order valence-corrected chi connectivity index (χ1v) is 10.3. The average molecular weight is 395 g/mol. The first-order valence-electron chi connectivity index (χ1n) is 10.3. The van der Waals surface area contributed by atoms with Crippen molar-refractivity contribution in [2.24, 2.45) is 0 Å². The lowest BCUT2D eigenvalue weighted by Gasteiger charge is -2.30. The van der Waals surface area contributed by atoms with E-state index in [2.05, 4.69) is 20.3 Å². The highest BCUT2D eigenvalue weighted by molar-refractivity contribution is 5.91. The van der Waals surface area contributed by atoms with Crippen LogP contribution in [-0.4, -0.2) is 44.2 Å². The third-order valence-corrected chi connectivity index (χ3v) is 6.04. The standard InChI is InChI=1S/C21H25N5O3/c1-12-17(13(2)29-25-12)11-16-5-6-18(28-16)21(27)26-9-7-15(8-10-26)20-22-19(23-24-20)14-3-4-14/h5-6,14-15H,3-4,7-11H2,1-2H3,(H,22,23,24). The third kappa shape index (κ3) is 3.59. The van der Waals surface area contributed by atoms with Crippen molar-refractivity contribution in [2.75, 3.05) is 13.1 Å². The van der Waals surface area contributed by atoms with Gasteiger partial charge in [-0.2, -0.15) is 5.10 Å². The minimum absolute atomic E-state index is 0.0512. The summed E-state index contributed by atoms with van der Waals surface area (Å²) in [5.41, 5.74) is 1.86. The zero-order chi connectivity index (χ0) is 20.0. The van der Waals surface area contributed by atoms with Crippen LogP contribution in [0.5, 0.6) is 0 Å². The minimum Gasteiger partial charge on any atom is -0.456 e. The fourth-order valence-electron chi connectivity index (χ4n) is 4.02. The summed E-state index contributed by atoms with van der Waals surface area (Å²) in [5.74, 6) is 4.69. The maximum atomic E-state index is 12.9. The number of carbonyl (C=O) groups excluding carboxylic acids is 1. The molecule has 5 rings (SSSR count). The molecule has 8 heteroatoms. The summed E-state index contributed by atoms with van der Waals surface area (Å²) in [6.45, 7) is 5.19. The van der Waals surface area contributed by atoms with E-state index in [9.17, 15) is 4.79 Å². The predicted molar refractivity (Wildman–Crippen MR) is 104 cm³/mol. The van der Waals surface area contributed by atoms with Gasteiger partial charge < -0.3 is 13.8 Å². The molecule has 3 aromatic rings. The van der Waals surface area contributed by atoms with Crippen LogP contribution in [-0.2, 0) is 6.42 Å². The number of amides is 1. The van der Waals surface area contributed by atoms with Crippen LogP contribution in [0.3, 0.4) is 0 Å². The number of rotatable bonds is 5. The Labute approximate surface area is 168 Å². The summed E-state index contributed by atoms with van der Waals surface area (Å²) in [6.07, 6.45) is 4.75. The fraction of sp³-hybridized carbons (Fsp3) is 0.524. The highest BCUT2D eigenvalue weighted by Crippen LogP contribution is 2.38. The van der Waals surface area contributed by atoms with Crippen LogP contribution in [0.4, 0.5) is 0 Å². The van der Waals surface area contributed by atoms with Gasteiger partial charge in [0.1, 0.15) is 17.3 Å². The summed E-state index contributed by atoms with van der Waals surface area (Å²) in [7, 11) is 0. The second kappa shape index (κ2) is 7.17. The molecule has 8 nitrogen and oxygen atoms in total. The molecule has 0 atom stereocenters. The van der Waals surface area contributed by atoms with Crippen molar-refractivity contribution in [3.63, 3.8) is 0 Å². The van der Waals surface area contributed by atoms with Crippen molar-refractivity contribution in [2.45, 2.75) is 57.8 Å². The summed E-state index contributed by atoms with van der Waals surface area (Å²) in [4.78, 5) is 19.4. The summed E-state index contributed by atoms with van der Waals surface area (Å²) in [5, 5.41) is 11.4. The van der Waals surface area contributed by atoms with Gasteiger partial charge in [0.15, 0.2) is 11.6 Å². The summed E-state index contributed by atoms with van der Waals surface area (Å²) >= 11 is 0. The number of nitrogens with zero attached hydrogens (tertiary/aromatic N) is 4. The number of aromatic nitrogens is 4. The van der Waals surface area contributed by atoms with Gasteiger partial charge >= 0.3 is 0 Å². The molecule has 152 valence electrons. The van der Waals surface area contributed by atoms with Gasteiger partial charge in [-0.3, -0.25) is 9.89 Å². The molecule has 0 aromatic carbocycles. The molecular formula is C21H25N5O3. The lowest BCUT2D eigenvalue weighted by atomic mass is 9.96. The van der Waals surface area contributed by atoms with Gasteiger partial charge in [-0.1, -0.05) is 5.16 Å². The average Bonchev–Trinajstić information content (AvgIpc) is 3.14. The van der Waals surface area contributed by atoms with Crippen molar-refractivity contribution in [3.8, 4) is 0 Å². The molecule has 29 heavy (non-hydrogen) atoms. The fourth-order valence-corrected chi connectivity index (χ4v) is 4.02. The molecule has 1 saturated carbocycles. The van der Waals surface area contributed by atoms with Gasteiger partial charge in [0.25, 0.3) is 5.91 Å². The number of carbonyl (C=O) groups is 1. The number of aromatic amines is 1. The van der Waals surface area contributed by atoms with Gasteiger partial charge in [-0.05, 0) is 51.7 Å². The van der Waals surface area contributed by atoms with E-state index in [1.165, 1.54) is 12.8 Å². The molecular weight excluding hydrogens is 370 g/mol. The molecule has 1 N–H and O–H groups in total. The van der Waals surface area contributed by atoms with Gasteiger partial charge in [-0.25, -0.2) is 4.98 Å². The lowest BCUT2D eigenvalue weighted by Crippen LogP contribution is -2.38. The zero-order valence-electron chi connectivity index (χ0n) is 16.8. The van der Waals surface area contributed by atoms with Crippen molar-refractivity contribution < 1.29 is 13.7 Å². The molecule has 1 amide bonds. The van der Waals surface area contributed by atoms with E-state index in [0.29, 0.717) is 37.1 Å². The first-order chi connectivity index (χ1) is 14.1. The number of H-pyrrole nitrogens is 1. The maximum absolute atomic E-state index is 12.9. The molecule has 1 aliphatic carbocycles. The second-order valence-electron chi connectivity index (χ2n) is 8.17. The van der Waals surface area contributed by atoms with E-state index >= 15 is 0 Å². The number of nitrogens with one attached hydrogen (secondary N) is 1. The number of likely N-dealkylation sites (tertiary alicyclic amines) is 1. The zero-order valence-corrected chi connectivity index (χ0v) is 16.8. The van der Waals surface area contributed by atoms with Crippen LogP contribution in [0.15, 0.2) is 21.1 Å². The van der Waals surface area contributed by atoms with Crippen LogP contribution >= 0.6 is 0 Å². The molecule has 4 heterocycles. The molecule has 2 fully saturated rings. The van der Waals surface area contributed by atoms with E-state index in [4.69, 9.17) is 8.94 Å². The van der Waals surface area contributed by atoms with Crippen molar-refractivity contribution in [1.82, 2.24) is 25.2 Å². The van der Waals surface area contributed by atoms with Crippen LogP contribution in [0.1, 0.15) is 82.5 Å². The molecule has 3 aromatic heterocycles. The van der Waals surface area contributed by atoms with E-state index in [-0.39, 0.29) is 5.91 Å². The maximum Gasteiger partial charge on any atom is 0.289 e. The highest BCUT2D eigenvalue weighted by atomic mass is 16.5. The van der Waals surface area contributed by atoms with Crippen LogP contribution in [0, 0.1) is 13.8 Å². The SMILES string of the molecule is Cc1noc(C)c1Cc1ccc(C(=O)N2CCC(c3nc(C4CC4)n[nH]3)CC2)o1. The van der Waals surface area contributed by atoms with Crippen LogP contribution in [0.25, 0.3) is 0 Å². The van der Waals surface area contributed by atoms with Gasteiger partial charge in [0, 0.05) is 36.9 Å². The topological polar surface area (TPSA) is 101 Å². The molecule has 1 saturated heterocycles. The van der Waals surface area contributed by atoms with E-state index < -0.39 is 0 Å². The number of aryl methyl sites for hydroxylation is 2. The Balaban J connectivity index is 1.20. The predicted octanol–water partition coefficient (Wildman–Crippen LogP) is 3.49. The van der Waals surface area contributed by atoms with Gasteiger partial charge in [-0.15, -0.1) is 0 Å². The number of hydrogen-bond donors (Lipinski definition) is 1. The number of piperidine rings is 1. The number of furan rings is 1. The summed E-state index contributed by atoms with van der Waals surface area (Å²) < 4.78 is 11.0. The van der Waals surface area contributed by atoms with Crippen molar-refractivity contribution in [3.05, 3.63) is 52.3 Å². The second-order valence-corrected chi connectivity index (χ2v) is 8.17. The first kappa shape index (κ1) is 18.1. The number of hydrogen-bond acceptors (Lipinski definition) is 6. The molecule has 2 aliphatic rings. The molecule has 1 aliphatic heterocycles. The normalized spacial score (nSPS) is 17.8.